The zero-order chi connectivity index (χ0) is 12.4. The molecule has 1 aliphatic rings. The fourth-order valence-corrected chi connectivity index (χ4v) is 2.21. The molecule has 0 spiro atoms. The molecule has 1 aliphatic heterocycles. The molecule has 1 N–H and O–H groups in total. The lowest BCUT2D eigenvalue weighted by atomic mass is 10.1. The molecule has 0 aliphatic carbocycles. The number of carbonyl (C=O) groups excluding carboxylic acids is 1. The van der Waals surface area contributed by atoms with Gasteiger partial charge < -0.3 is 14.6 Å². The van der Waals surface area contributed by atoms with Gasteiger partial charge in [-0.2, -0.15) is 0 Å². The van der Waals surface area contributed by atoms with E-state index < -0.39 is 0 Å². The predicted octanol–water partition coefficient (Wildman–Crippen LogP) is 2.10. The van der Waals surface area contributed by atoms with E-state index in [9.17, 15) is 4.79 Å². The van der Waals surface area contributed by atoms with Gasteiger partial charge in [-0.05, 0) is 12.5 Å². The van der Waals surface area contributed by atoms with Crippen LogP contribution in [-0.2, 0) is 11.8 Å². The lowest BCUT2D eigenvalue weighted by molar-refractivity contribution is 0.0937. The molecule has 2 heterocycles. The number of halogens is 2. The Balaban J connectivity index is 1.96. The minimum atomic E-state index is -0.159. The van der Waals surface area contributed by atoms with Gasteiger partial charge in [0.25, 0.3) is 5.91 Å². The van der Waals surface area contributed by atoms with Crippen LogP contribution in [-0.4, -0.2) is 30.2 Å². The zero-order valence-corrected chi connectivity index (χ0v) is 11.0. The molecule has 17 heavy (non-hydrogen) atoms. The Kier molecular flexibility index (Phi) is 3.97. The van der Waals surface area contributed by atoms with E-state index in [1.165, 1.54) is 0 Å². The first-order chi connectivity index (χ1) is 8.09. The number of hydrogen-bond donors (Lipinski definition) is 1. The maximum absolute atomic E-state index is 11.9. The van der Waals surface area contributed by atoms with Crippen LogP contribution in [0.3, 0.4) is 0 Å². The number of hydrogen-bond acceptors (Lipinski definition) is 2. The molecule has 0 aromatic carbocycles. The molecule has 1 saturated heterocycles. The summed E-state index contributed by atoms with van der Waals surface area (Å²) >= 11 is 11.8. The Morgan fingerprint density at radius 2 is 2.41 bits per heavy atom. The highest BCUT2D eigenvalue weighted by Gasteiger charge is 2.19. The number of ether oxygens (including phenoxy) is 1. The SMILES string of the molecule is Cn1c(C(=O)NC[C@H]2CCOC2)cc(Cl)c1Cl. The molecule has 1 atom stereocenters. The summed E-state index contributed by atoms with van der Waals surface area (Å²) in [6, 6.07) is 1.57. The molecule has 1 amide bonds. The maximum atomic E-state index is 11.9. The minimum absolute atomic E-state index is 0.159. The third kappa shape index (κ3) is 2.76. The van der Waals surface area contributed by atoms with Gasteiger partial charge in [-0.1, -0.05) is 23.2 Å². The molecule has 4 nitrogen and oxygen atoms in total. The van der Waals surface area contributed by atoms with Gasteiger partial charge in [-0.15, -0.1) is 0 Å². The van der Waals surface area contributed by atoms with Crippen LogP contribution < -0.4 is 5.32 Å². The number of amides is 1. The summed E-state index contributed by atoms with van der Waals surface area (Å²) in [5.74, 6) is 0.248. The van der Waals surface area contributed by atoms with Crippen molar-refractivity contribution in [2.75, 3.05) is 19.8 Å². The Bertz CT molecular complexity index is 425. The molecule has 0 bridgehead atoms. The van der Waals surface area contributed by atoms with Crippen LogP contribution in [0.2, 0.25) is 10.2 Å². The van der Waals surface area contributed by atoms with Crippen molar-refractivity contribution in [3.05, 3.63) is 21.9 Å². The summed E-state index contributed by atoms with van der Waals surface area (Å²) in [6.45, 7) is 2.12. The third-order valence-corrected chi connectivity index (χ3v) is 3.77. The fraction of sp³-hybridized carbons (Fsp3) is 0.545. The summed E-state index contributed by atoms with van der Waals surface area (Å²) in [6.07, 6.45) is 0.995. The number of carbonyl (C=O) groups is 1. The summed E-state index contributed by atoms with van der Waals surface area (Å²) in [5.41, 5.74) is 0.471. The summed E-state index contributed by atoms with van der Waals surface area (Å²) in [5, 5.41) is 3.63. The van der Waals surface area contributed by atoms with E-state index in [0.717, 1.165) is 19.6 Å². The van der Waals surface area contributed by atoms with Crippen molar-refractivity contribution < 1.29 is 9.53 Å². The van der Waals surface area contributed by atoms with Crippen LogP contribution in [0.4, 0.5) is 0 Å². The maximum Gasteiger partial charge on any atom is 0.268 e. The zero-order valence-electron chi connectivity index (χ0n) is 9.50. The van der Waals surface area contributed by atoms with Gasteiger partial charge in [0.1, 0.15) is 10.8 Å². The molecule has 6 heteroatoms. The molecule has 0 radical (unpaired) electrons. The summed E-state index contributed by atoms with van der Waals surface area (Å²) < 4.78 is 6.82. The second-order valence-corrected chi connectivity index (χ2v) is 4.93. The van der Waals surface area contributed by atoms with Crippen molar-refractivity contribution in [3.8, 4) is 0 Å². The number of nitrogens with zero attached hydrogens (tertiary/aromatic N) is 1. The van der Waals surface area contributed by atoms with Gasteiger partial charge in [0.2, 0.25) is 0 Å². The monoisotopic (exact) mass is 276 g/mol. The topological polar surface area (TPSA) is 43.3 Å². The van der Waals surface area contributed by atoms with Gasteiger partial charge >= 0.3 is 0 Å². The smallest absolute Gasteiger partial charge is 0.268 e. The number of rotatable bonds is 3. The van der Waals surface area contributed by atoms with Crippen LogP contribution in [0, 0.1) is 5.92 Å². The molecular weight excluding hydrogens is 263 g/mol. The first-order valence-electron chi connectivity index (χ1n) is 5.46. The van der Waals surface area contributed by atoms with Gasteiger partial charge in [0.15, 0.2) is 0 Å². The standard InChI is InChI=1S/C11H14Cl2N2O2/c1-15-9(4-8(12)10(15)13)11(16)14-5-7-2-3-17-6-7/h4,7H,2-3,5-6H2,1H3,(H,14,16)/t7-/m1/s1. The minimum Gasteiger partial charge on any atom is -0.381 e. The number of aromatic nitrogens is 1. The van der Waals surface area contributed by atoms with Crippen molar-refractivity contribution in [1.29, 1.82) is 0 Å². The van der Waals surface area contributed by atoms with E-state index in [1.807, 2.05) is 0 Å². The second-order valence-electron chi connectivity index (χ2n) is 4.17. The first-order valence-corrected chi connectivity index (χ1v) is 6.22. The summed E-state index contributed by atoms with van der Waals surface area (Å²) in [4.78, 5) is 11.9. The van der Waals surface area contributed by atoms with Gasteiger partial charge in [0.05, 0.1) is 11.6 Å². The van der Waals surface area contributed by atoms with Crippen molar-refractivity contribution >= 4 is 29.1 Å². The van der Waals surface area contributed by atoms with E-state index in [-0.39, 0.29) is 5.91 Å². The van der Waals surface area contributed by atoms with Crippen molar-refractivity contribution in [3.63, 3.8) is 0 Å². The van der Waals surface area contributed by atoms with E-state index in [0.29, 0.717) is 28.3 Å². The normalized spacial score (nSPS) is 19.6. The molecule has 0 unspecified atom stereocenters. The molecule has 2 rings (SSSR count). The third-order valence-electron chi connectivity index (χ3n) is 2.92. The highest BCUT2D eigenvalue weighted by atomic mass is 35.5. The van der Waals surface area contributed by atoms with Crippen LogP contribution in [0.25, 0.3) is 0 Å². The Hall–Kier alpha value is -0.710. The fourth-order valence-electron chi connectivity index (χ4n) is 1.83. The molecule has 94 valence electrons. The Morgan fingerprint density at radius 3 is 2.94 bits per heavy atom. The average molecular weight is 277 g/mol. The van der Waals surface area contributed by atoms with Crippen LogP contribution in [0.15, 0.2) is 6.07 Å². The van der Waals surface area contributed by atoms with Crippen molar-refractivity contribution in [2.24, 2.45) is 13.0 Å². The lowest BCUT2D eigenvalue weighted by Gasteiger charge is -2.09. The highest BCUT2D eigenvalue weighted by Crippen LogP contribution is 2.25. The molecule has 1 aromatic rings. The van der Waals surface area contributed by atoms with Crippen LogP contribution in [0.5, 0.6) is 0 Å². The highest BCUT2D eigenvalue weighted by molar-refractivity contribution is 6.41. The molecule has 0 saturated carbocycles. The summed E-state index contributed by atoms with van der Waals surface area (Å²) in [7, 11) is 1.71. The van der Waals surface area contributed by atoms with E-state index in [2.05, 4.69) is 5.32 Å². The largest absolute Gasteiger partial charge is 0.381 e. The first kappa shape index (κ1) is 12.7. The van der Waals surface area contributed by atoms with Crippen molar-refractivity contribution in [1.82, 2.24) is 9.88 Å². The quantitative estimate of drug-likeness (QED) is 0.919. The van der Waals surface area contributed by atoms with Crippen LogP contribution in [0.1, 0.15) is 16.9 Å². The average Bonchev–Trinajstić information content (AvgIpc) is 2.91. The molecular formula is C11H14Cl2N2O2. The molecule has 1 fully saturated rings. The predicted molar refractivity (Wildman–Crippen MR) is 66.7 cm³/mol. The Labute approximate surface area is 110 Å². The van der Waals surface area contributed by atoms with Gasteiger partial charge in [0, 0.05) is 26.1 Å². The molecule has 1 aromatic heterocycles. The Morgan fingerprint density at radius 1 is 1.65 bits per heavy atom. The lowest BCUT2D eigenvalue weighted by Crippen LogP contribution is -2.30. The van der Waals surface area contributed by atoms with E-state index in [4.69, 9.17) is 27.9 Å². The van der Waals surface area contributed by atoms with Gasteiger partial charge in [-0.3, -0.25) is 4.79 Å². The van der Waals surface area contributed by atoms with E-state index >= 15 is 0 Å². The number of nitrogens with one attached hydrogen (secondary N) is 1. The van der Waals surface area contributed by atoms with Crippen molar-refractivity contribution in [2.45, 2.75) is 6.42 Å². The second kappa shape index (κ2) is 5.29. The van der Waals surface area contributed by atoms with Crippen LogP contribution >= 0.6 is 23.2 Å². The van der Waals surface area contributed by atoms with Gasteiger partial charge in [-0.25, -0.2) is 0 Å². The van der Waals surface area contributed by atoms with E-state index in [1.54, 1.807) is 17.7 Å².